The predicted octanol–water partition coefficient (Wildman–Crippen LogP) is 6.39. The number of benzene rings is 3. The highest BCUT2D eigenvalue weighted by molar-refractivity contribution is 5.80. The van der Waals surface area contributed by atoms with Gasteiger partial charge < -0.3 is 0 Å². The van der Waals surface area contributed by atoms with Gasteiger partial charge in [-0.3, -0.25) is 9.13 Å². The molecule has 0 atom stereocenters. The van der Waals surface area contributed by atoms with Gasteiger partial charge in [0.25, 0.3) is 0 Å². The minimum Gasteiger partial charge on any atom is -0.292 e. The summed E-state index contributed by atoms with van der Waals surface area (Å²) in [5.41, 5.74) is 8.80. The van der Waals surface area contributed by atoms with Gasteiger partial charge in [0, 0.05) is 17.5 Å². The van der Waals surface area contributed by atoms with Crippen molar-refractivity contribution in [2.24, 2.45) is 0 Å². The molecule has 0 aliphatic heterocycles. The minimum atomic E-state index is 0.0339. The molecule has 39 heavy (non-hydrogen) atoms. The van der Waals surface area contributed by atoms with Crippen LogP contribution in [0, 0.1) is 0 Å². The van der Waals surface area contributed by atoms with Crippen molar-refractivity contribution in [1.29, 1.82) is 0 Å². The zero-order valence-electron chi connectivity index (χ0n) is 23.0. The van der Waals surface area contributed by atoms with E-state index in [4.69, 9.17) is 0 Å². The summed E-state index contributed by atoms with van der Waals surface area (Å²) >= 11 is 0. The van der Waals surface area contributed by atoms with Gasteiger partial charge in [-0.1, -0.05) is 100 Å². The summed E-state index contributed by atoms with van der Waals surface area (Å²) in [5, 5.41) is 14.4. The second-order valence-corrected chi connectivity index (χ2v) is 9.98. The van der Waals surface area contributed by atoms with Gasteiger partial charge in [0.05, 0.1) is 12.2 Å². The monoisotopic (exact) mass is 520 g/mol. The maximum absolute atomic E-state index is 14.0. The van der Waals surface area contributed by atoms with Crippen molar-refractivity contribution in [2.75, 3.05) is 0 Å². The van der Waals surface area contributed by atoms with Gasteiger partial charge in [0.15, 0.2) is 5.82 Å². The standard InChI is InChI=1S/C32H36N6O/c1-4-7-14-27-22-38(30-24(6-3)12-10-13-26(30)11-5-2)32(39)37(27)21-23-17-19-25(20-18-23)28-15-8-9-16-29(28)31-33-35-36-34-31/h8-10,12-13,15-20,22H,4-7,11,14,21H2,1-3H3,(H,33,34,35,36). The lowest BCUT2D eigenvalue weighted by Gasteiger charge is -2.14. The van der Waals surface area contributed by atoms with Crippen LogP contribution in [-0.2, 0) is 25.8 Å². The molecular formula is C32H36N6O. The van der Waals surface area contributed by atoms with Crippen molar-refractivity contribution in [3.05, 3.63) is 106 Å². The minimum absolute atomic E-state index is 0.0339. The number of nitrogens with zero attached hydrogens (tertiary/aromatic N) is 5. The van der Waals surface area contributed by atoms with Gasteiger partial charge in [-0.15, -0.1) is 5.10 Å². The molecule has 5 rings (SSSR count). The van der Waals surface area contributed by atoms with E-state index in [0.29, 0.717) is 12.4 Å². The largest absolute Gasteiger partial charge is 0.333 e. The summed E-state index contributed by atoms with van der Waals surface area (Å²) in [7, 11) is 0. The smallest absolute Gasteiger partial charge is 0.292 e. The number of unbranched alkanes of at least 4 members (excludes halogenated alkanes) is 1. The molecule has 0 aliphatic rings. The molecule has 0 amide bonds. The van der Waals surface area contributed by atoms with E-state index in [-0.39, 0.29) is 5.69 Å². The first kappa shape index (κ1) is 26.4. The van der Waals surface area contributed by atoms with E-state index in [9.17, 15) is 4.79 Å². The Kier molecular flexibility index (Phi) is 8.16. The molecule has 0 fully saturated rings. The second-order valence-electron chi connectivity index (χ2n) is 9.98. The van der Waals surface area contributed by atoms with Gasteiger partial charge in [0.1, 0.15) is 0 Å². The zero-order chi connectivity index (χ0) is 27.2. The molecule has 7 nitrogen and oxygen atoms in total. The Morgan fingerprint density at radius 1 is 0.821 bits per heavy atom. The molecule has 200 valence electrons. The number of aryl methyl sites for hydroxylation is 3. The SMILES string of the molecule is CCCCc1cn(-c2c(CC)cccc2CCC)c(=O)n1Cc1ccc(-c2ccccc2-c2nnn[nH]2)cc1. The van der Waals surface area contributed by atoms with Crippen LogP contribution in [-0.4, -0.2) is 29.8 Å². The van der Waals surface area contributed by atoms with Crippen molar-refractivity contribution in [1.82, 2.24) is 29.8 Å². The molecule has 3 aromatic carbocycles. The molecule has 0 aliphatic carbocycles. The first-order valence-corrected chi connectivity index (χ1v) is 14.0. The lowest BCUT2D eigenvalue weighted by molar-refractivity contribution is 0.673. The van der Waals surface area contributed by atoms with Crippen molar-refractivity contribution in [2.45, 2.75) is 65.8 Å². The van der Waals surface area contributed by atoms with Crippen molar-refractivity contribution < 1.29 is 0 Å². The van der Waals surface area contributed by atoms with Crippen LogP contribution < -0.4 is 5.69 Å². The third-order valence-electron chi connectivity index (χ3n) is 7.33. The van der Waals surface area contributed by atoms with Gasteiger partial charge in [-0.05, 0) is 63.9 Å². The molecule has 0 spiro atoms. The van der Waals surface area contributed by atoms with Crippen molar-refractivity contribution in [3.8, 4) is 28.2 Å². The number of hydrogen-bond acceptors (Lipinski definition) is 4. The van der Waals surface area contributed by atoms with E-state index < -0.39 is 0 Å². The normalized spacial score (nSPS) is 11.3. The molecule has 0 radical (unpaired) electrons. The Morgan fingerprint density at radius 2 is 1.59 bits per heavy atom. The number of para-hydroxylation sites is 1. The molecule has 0 saturated heterocycles. The van der Waals surface area contributed by atoms with E-state index in [0.717, 1.165) is 72.2 Å². The first-order valence-electron chi connectivity index (χ1n) is 14.0. The number of nitrogens with one attached hydrogen (secondary N) is 1. The molecule has 0 unspecified atom stereocenters. The highest BCUT2D eigenvalue weighted by Gasteiger charge is 2.18. The first-order chi connectivity index (χ1) is 19.1. The summed E-state index contributed by atoms with van der Waals surface area (Å²) in [6.45, 7) is 7.08. The lowest BCUT2D eigenvalue weighted by Crippen LogP contribution is -2.26. The highest BCUT2D eigenvalue weighted by Crippen LogP contribution is 2.30. The third-order valence-corrected chi connectivity index (χ3v) is 7.33. The lowest BCUT2D eigenvalue weighted by atomic mass is 9.98. The van der Waals surface area contributed by atoms with Crippen LogP contribution >= 0.6 is 0 Å². The van der Waals surface area contributed by atoms with Gasteiger partial charge in [0.2, 0.25) is 0 Å². The highest BCUT2D eigenvalue weighted by atomic mass is 16.1. The summed E-state index contributed by atoms with van der Waals surface area (Å²) in [6, 6.07) is 22.9. The number of tetrazole rings is 1. The van der Waals surface area contributed by atoms with Crippen LogP contribution in [0.2, 0.25) is 0 Å². The fourth-order valence-electron chi connectivity index (χ4n) is 5.31. The third kappa shape index (κ3) is 5.48. The van der Waals surface area contributed by atoms with Crippen LogP contribution in [0.5, 0.6) is 0 Å². The summed E-state index contributed by atoms with van der Waals surface area (Å²) in [6.07, 6.45) is 7.99. The molecule has 7 heteroatoms. The van der Waals surface area contributed by atoms with E-state index in [1.165, 1.54) is 11.1 Å². The van der Waals surface area contributed by atoms with Gasteiger partial charge in [-0.2, -0.15) is 0 Å². The Morgan fingerprint density at radius 3 is 2.28 bits per heavy atom. The second kappa shape index (κ2) is 12.1. The van der Waals surface area contributed by atoms with Crippen LogP contribution in [0.3, 0.4) is 0 Å². The van der Waals surface area contributed by atoms with E-state index in [1.54, 1.807) is 0 Å². The van der Waals surface area contributed by atoms with Gasteiger partial charge in [-0.25, -0.2) is 9.89 Å². The number of imidazole rings is 1. The molecule has 0 saturated carbocycles. The number of H-pyrrole nitrogens is 1. The Labute approximate surface area is 229 Å². The van der Waals surface area contributed by atoms with Crippen molar-refractivity contribution >= 4 is 0 Å². The Balaban J connectivity index is 1.51. The maximum Gasteiger partial charge on any atom is 0.333 e. The molecular weight excluding hydrogens is 484 g/mol. The van der Waals surface area contributed by atoms with Crippen LogP contribution in [0.1, 0.15) is 62.4 Å². The van der Waals surface area contributed by atoms with Gasteiger partial charge >= 0.3 is 5.69 Å². The molecule has 5 aromatic rings. The van der Waals surface area contributed by atoms with Crippen LogP contribution in [0.4, 0.5) is 0 Å². The van der Waals surface area contributed by atoms with Crippen LogP contribution in [0.25, 0.3) is 28.2 Å². The molecule has 1 N–H and O–H groups in total. The van der Waals surface area contributed by atoms with E-state index in [2.05, 4.69) is 96.1 Å². The number of hydrogen-bond donors (Lipinski definition) is 1. The number of aromatic amines is 1. The molecule has 2 heterocycles. The average Bonchev–Trinajstić information content (AvgIpc) is 3.61. The summed E-state index contributed by atoms with van der Waals surface area (Å²) < 4.78 is 3.87. The zero-order valence-corrected chi connectivity index (χ0v) is 23.0. The topological polar surface area (TPSA) is 81.4 Å². The molecule has 0 bridgehead atoms. The average molecular weight is 521 g/mol. The number of rotatable bonds is 11. The fourth-order valence-corrected chi connectivity index (χ4v) is 5.31. The quantitative estimate of drug-likeness (QED) is 0.219. The molecule has 2 aromatic heterocycles. The van der Waals surface area contributed by atoms with E-state index in [1.807, 2.05) is 27.3 Å². The van der Waals surface area contributed by atoms with Crippen molar-refractivity contribution in [3.63, 3.8) is 0 Å². The summed E-state index contributed by atoms with van der Waals surface area (Å²) in [4.78, 5) is 14.0. The fraction of sp³-hybridized carbons (Fsp3) is 0.312. The Hall–Kier alpha value is -4.26. The van der Waals surface area contributed by atoms with Crippen LogP contribution in [0.15, 0.2) is 77.7 Å². The predicted molar refractivity (Wildman–Crippen MR) is 156 cm³/mol. The van der Waals surface area contributed by atoms with E-state index >= 15 is 0 Å². The number of aromatic nitrogens is 6. The maximum atomic E-state index is 14.0. The summed E-state index contributed by atoms with van der Waals surface area (Å²) in [5.74, 6) is 0.637. The Bertz CT molecular complexity index is 1580.